The Balaban J connectivity index is 2.00. The number of amides is 2. The van der Waals surface area contributed by atoms with Crippen LogP contribution in [0.4, 0.5) is 0 Å². The number of hydrogen-bond donors (Lipinski definition) is 0. The molecule has 1 fully saturated rings. The van der Waals surface area contributed by atoms with Crippen molar-refractivity contribution in [3.63, 3.8) is 0 Å². The van der Waals surface area contributed by atoms with E-state index in [0.29, 0.717) is 5.75 Å². The van der Waals surface area contributed by atoms with E-state index in [1.54, 1.807) is 18.3 Å². The van der Waals surface area contributed by atoms with Crippen molar-refractivity contribution in [2.75, 3.05) is 6.61 Å². The number of nitriles is 1. The van der Waals surface area contributed by atoms with Crippen LogP contribution in [0.5, 0.6) is 5.75 Å². The van der Waals surface area contributed by atoms with Crippen molar-refractivity contribution in [2.45, 2.75) is 18.9 Å². The van der Waals surface area contributed by atoms with Crippen LogP contribution in [0, 0.1) is 11.3 Å². The lowest BCUT2D eigenvalue weighted by Gasteiger charge is -2.20. The number of pyridine rings is 1. The number of carbonyl (C=O) groups excluding carboxylic acids is 2. The largest absolute Gasteiger partial charge is 0.489 e. The molecule has 1 aromatic heterocycles. The minimum absolute atomic E-state index is 0.0420. The molecule has 2 heterocycles. The fourth-order valence-electron chi connectivity index (χ4n) is 1.72. The monoisotopic (exact) mass is 245 g/mol. The van der Waals surface area contributed by atoms with Gasteiger partial charge in [0.05, 0.1) is 12.3 Å². The van der Waals surface area contributed by atoms with Crippen molar-refractivity contribution in [3.8, 4) is 11.8 Å². The summed E-state index contributed by atoms with van der Waals surface area (Å²) in [5, 5.41) is 9.01. The van der Waals surface area contributed by atoms with E-state index in [4.69, 9.17) is 10.00 Å². The molecule has 2 rings (SSSR count). The van der Waals surface area contributed by atoms with Gasteiger partial charge in [0.2, 0.25) is 11.8 Å². The zero-order valence-electron chi connectivity index (χ0n) is 9.57. The van der Waals surface area contributed by atoms with Crippen LogP contribution in [0.15, 0.2) is 24.5 Å². The third-order valence-corrected chi connectivity index (χ3v) is 2.59. The van der Waals surface area contributed by atoms with E-state index < -0.39 is 6.04 Å². The van der Waals surface area contributed by atoms with Crippen molar-refractivity contribution in [1.29, 1.82) is 5.26 Å². The summed E-state index contributed by atoms with van der Waals surface area (Å²) in [6.07, 6.45) is 3.44. The van der Waals surface area contributed by atoms with E-state index in [1.807, 2.05) is 6.07 Å². The van der Waals surface area contributed by atoms with Crippen LogP contribution in [0.1, 0.15) is 12.8 Å². The first kappa shape index (κ1) is 12.0. The van der Waals surface area contributed by atoms with E-state index >= 15 is 0 Å². The molecule has 0 radical (unpaired) electrons. The Morgan fingerprint density at radius 1 is 1.44 bits per heavy atom. The highest BCUT2D eigenvalue weighted by atomic mass is 16.5. The molecule has 0 bridgehead atoms. The Hall–Kier alpha value is -2.42. The molecular formula is C12H11N3O3. The van der Waals surface area contributed by atoms with Gasteiger partial charge in [-0.05, 0) is 12.1 Å². The first-order chi connectivity index (χ1) is 8.72. The number of ether oxygens (including phenoxy) is 1. The molecule has 1 saturated heterocycles. The van der Waals surface area contributed by atoms with Gasteiger partial charge in [0.25, 0.3) is 0 Å². The molecule has 2 amide bonds. The molecule has 0 saturated carbocycles. The predicted molar refractivity (Wildman–Crippen MR) is 60.2 cm³/mol. The van der Waals surface area contributed by atoms with Crippen LogP contribution in [0.25, 0.3) is 0 Å². The Morgan fingerprint density at radius 3 is 2.72 bits per heavy atom. The maximum Gasteiger partial charge on any atom is 0.230 e. The molecule has 0 aromatic carbocycles. The molecule has 1 atom stereocenters. The summed E-state index contributed by atoms with van der Waals surface area (Å²) in [5.41, 5.74) is 0. The fraction of sp³-hybridized carbons (Fsp3) is 0.333. The van der Waals surface area contributed by atoms with Gasteiger partial charge >= 0.3 is 0 Å². The Bertz CT molecular complexity index is 479. The summed E-state index contributed by atoms with van der Waals surface area (Å²) in [6, 6.07) is 4.42. The molecule has 0 N–H and O–H groups in total. The second kappa shape index (κ2) is 5.27. The zero-order valence-corrected chi connectivity index (χ0v) is 9.57. The summed E-state index contributed by atoms with van der Waals surface area (Å²) in [4.78, 5) is 27.8. The van der Waals surface area contributed by atoms with Crippen LogP contribution in [-0.4, -0.2) is 34.3 Å². The SMILES string of the molecule is N#CC(COc1cccnc1)N1C(=O)CCC1=O. The lowest BCUT2D eigenvalue weighted by atomic mass is 10.3. The minimum Gasteiger partial charge on any atom is -0.489 e. The third-order valence-electron chi connectivity index (χ3n) is 2.59. The van der Waals surface area contributed by atoms with E-state index in [-0.39, 0.29) is 31.3 Å². The molecule has 0 spiro atoms. The van der Waals surface area contributed by atoms with Crippen molar-refractivity contribution < 1.29 is 14.3 Å². The quantitative estimate of drug-likeness (QED) is 0.721. The smallest absolute Gasteiger partial charge is 0.230 e. The van der Waals surface area contributed by atoms with Crippen LogP contribution >= 0.6 is 0 Å². The van der Waals surface area contributed by atoms with E-state index in [0.717, 1.165) is 4.90 Å². The van der Waals surface area contributed by atoms with Gasteiger partial charge in [-0.1, -0.05) is 0 Å². The first-order valence-electron chi connectivity index (χ1n) is 5.49. The number of aromatic nitrogens is 1. The van der Waals surface area contributed by atoms with Gasteiger partial charge in [-0.2, -0.15) is 5.26 Å². The molecule has 92 valence electrons. The van der Waals surface area contributed by atoms with Crippen molar-refractivity contribution in [3.05, 3.63) is 24.5 Å². The first-order valence-corrected chi connectivity index (χ1v) is 5.49. The maximum atomic E-state index is 11.5. The number of carbonyl (C=O) groups is 2. The van der Waals surface area contributed by atoms with Gasteiger partial charge in [0.15, 0.2) is 6.04 Å². The standard InChI is InChI=1S/C12H11N3O3/c13-6-9(15-11(16)3-4-12(15)17)8-18-10-2-1-5-14-7-10/h1-2,5,7,9H,3-4,8H2. The average molecular weight is 245 g/mol. The van der Waals surface area contributed by atoms with Crippen LogP contribution < -0.4 is 4.74 Å². The fourth-order valence-corrected chi connectivity index (χ4v) is 1.72. The van der Waals surface area contributed by atoms with E-state index in [9.17, 15) is 9.59 Å². The van der Waals surface area contributed by atoms with Crippen molar-refractivity contribution in [2.24, 2.45) is 0 Å². The Labute approximate surface area is 104 Å². The van der Waals surface area contributed by atoms with E-state index in [2.05, 4.69) is 4.98 Å². The molecule has 1 aliphatic heterocycles. The van der Waals surface area contributed by atoms with Gasteiger partial charge in [-0.15, -0.1) is 0 Å². The van der Waals surface area contributed by atoms with Gasteiger partial charge in [0, 0.05) is 19.0 Å². The number of rotatable bonds is 4. The number of likely N-dealkylation sites (tertiary alicyclic amines) is 1. The van der Waals surface area contributed by atoms with Crippen molar-refractivity contribution >= 4 is 11.8 Å². The predicted octanol–water partition coefficient (Wildman–Crippen LogP) is 0.502. The summed E-state index contributed by atoms with van der Waals surface area (Å²) < 4.78 is 5.34. The molecule has 6 heteroatoms. The molecule has 1 aromatic rings. The number of hydrogen-bond acceptors (Lipinski definition) is 5. The normalized spacial score (nSPS) is 16.5. The molecule has 0 aliphatic carbocycles. The number of imide groups is 1. The number of nitrogens with zero attached hydrogens (tertiary/aromatic N) is 3. The highest BCUT2D eigenvalue weighted by Crippen LogP contribution is 2.16. The van der Waals surface area contributed by atoms with Crippen LogP contribution in [-0.2, 0) is 9.59 Å². The highest BCUT2D eigenvalue weighted by Gasteiger charge is 2.35. The topological polar surface area (TPSA) is 83.3 Å². The molecule has 1 aliphatic rings. The lowest BCUT2D eigenvalue weighted by molar-refractivity contribution is -0.140. The summed E-state index contributed by atoms with van der Waals surface area (Å²) in [6.45, 7) is -0.0420. The van der Waals surface area contributed by atoms with Gasteiger partial charge in [-0.3, -0.25) is 19.5 Å². The van der Waals surface area contributed by atoms with Gasteiger partial charge in [-0.25, -0.2) is 0 Å². The Morgan fingerprint density at radius 2 is 2.17 bits per heavy atom. The van der Waals surface area contributed by atoms with Crippen molar-refractivity contribution in [1.82, 2.24) is 9.88 Å². The second-order valence-corrected chi connectivity index (χ2v) is 3.80. The van der Waals surface area contributed by atoms with Crippen LogP contribution in [0.3, 0.4) is 0 Å². The summed E-state index contributed by atoms with van der Waals surface area (Å²) in [5.74, 6) is -0.139. The second-order valence-electron chi connectivity index (χ2n) is 3.80. The summed E-state index contributed by atoms with van der Waals surface area (Å²) >= 11 is 0. The molecular weight excluding hydrogens is 234 g/mol. The third kappa shape index (κ3) is 2.46. The highest BCUT2D eigenvalue weighted by molar-refractivity contribution is 6.02. The maximum absolute atomic E-state index is 11.5. The van der Waals surface area contributed by atoms with E-state index in [1.165, 1.54) is 6.20 Å². The van der Waals surface area contributed by atoms with Gasteiger partial charge in [0.1, 0.15) is 12.4 Å². The molecule has 1 unspecified atom stereocenters. The molecule has 6 nitrogen and oxygen atoms in total. The zero-order chi connectivity index (χ0) is 13.0. The van der Waals surface area contributed by atoms with Gasteiger partial charge < -0.3 is 4.74 Å². The lowest BCUT2D eigenvalue weighted by Crippen LogP contribution is -2.42. The average Bonchev–Trinajstić information content (AvgIpc) is 2.73. The molecule has 18 heavy (non-hydrogen) atoms. The van der Waals surface area contributed by atoms with Crippen LogP contribution in [0.2, 0.25) is 0 Å². The minimum atomic E-state index is -0.882. The Kier molecular flexibility index (Phi) is 3.53. The summed E-state index contributed by atoms with van der Waals surface area (Å²) in [7, 11) is 0.